The van der Waals surface area contributed by atoms with Gasteiger partial charge in [0.1, 0.15) is 5.82 Å². The molecule has 1 unspecified atom stereocenters. The van der Waals surface area contributed by atoms with Crippen LogP contribution >= 0.6 is 0 Å². The third-order valence-corrected chi connectivity index (χ3v) is 4.03. The number of amides is 1. The molecule has 1 amide bonds. The summed E-state index contributed by atoms with van der Waals surface area (Å²) in [4.78, 5) is 13.9. The number of fused-ring (bicyclic) bond motifs is 1. The van der Waals surface area contributed by atoms with Crippen molar-refractivity contribution in [2.75, 3.05) is 6.54 Å². The molecule has 130 valence electrons. The van der Waals surface area contributed by atoms with Crippen LogP contribution in [0, 0.1) is 5.82 Å². The summed E-state index contributed by atoms with van der Waals surface area (Å²) in [6.45, 7) is 0.164. The minimum atomic E-state index is -1.19. The number of rotatable bonds is 6. The van der Waals surface area contributed by atoms with E-state index in [9.17, 15) is 14.4 Å². The van der Waals surface area contributed by atoms with Crippen LogP contribution in [0.5, 0.6) is 0 Å². The van der Waals surface area contributed by atoms with Crippen LogP contribution in [0.3, 0.4) is 0 Å². The quantitative estimate of drug-likeness (QED) is 0.516. The fourth-order valence-corrected chi connectivity index (χ4v) is 2.83. The van der Waals surface area contributed by atoms with Gasteiger partial charge < -0.3 is 20.6 Å². The molecule has 0 radical (unpaired) electrons. The fourth-order valence-electron chi connectivity index (χ4n) is 2.83. The molecule has 0 aliphatic carbocycles. The van der Waals surface area contributed by atoms with Crippen LogP contribution in [-0.4, -0.2) is 33.0 Å². The average Bonchev–Trinajstić information content (AvgIpc) is 2.99. The highest BCUT2D eigenvalue weighted by Crippen LogP contribution is 2.28. The van der Waals surface area contributed by atoms with Gasteiger partial charge in [0.05, 0.1) is 6.04 Å². The largest absolute Gasteiger partial charge is 0.465 e. The lowest BCUT2D eigenvalue weighted by molar-refractivity contribution is -0.135. The lowest BCUT2D eigenvalue weighted by Gasteiger charge is -2.26. The number of nitrogens with one attached hydrogen (secondary N) is 2. The molecule has 1 heterocycles. The molecule has 1 aromatic heterocycles. The Morgan fingerprint density at radius 3 is 2.72 bits per heavy atom. The van der Waals surface area contributed by atoms with E-state index in [-0.39, 0.29) is 13.1 Å². The first-order chi connectivity index (χ1) is 12.0. The van der Waals surface area contributed by atoms with Gasteiger partial charge in [-0.05, 0) is 29.3 Å². The standard InChI is InChI=1S/C18H18FN3O3/c19-13-6-7-16-14(8-13)15(9-20-16)17(10-21-18(23)24)22(25)11-12-4-2-1-3-5-12/h1-9,17,20-21,25H,10-11H2,(H,23,24). The van der Waals surface area contributed by atoms with Crippen LogP contribution in [0.4, 0.5) is 9.18 Å². The Morgan fingerprint density at radius 1 is 1.24 bits per heavy atom. The molecule has 3 rings (SSSR count). The second-order valence-corrected chi connectivity index (χ2v) is 5.72. The molecular weight excluding hydrogens is 325 g/mol. The number of benzene rings is 2. The molecule has 2 aromatic carbocycles. The van der Waals surface area contributed by atoms with Crippen LogP contribution in [0.15, 0.2) is 54.7 Å². The summed E-state index contributed by atoms with van der Waals surface area (Å²) in [5, 5.41) is 23.4. The van der Waals surface area contributed by atoms with E-state index in [1.165, 1.54) is 12.1 Å². The van der Waals surface area contributed by atoms with Gasteiger partial charge in [0.15, 0.2) is 0 Å². The fraction of sp³-hybridized carbons (Fsp3) is 0.167. The summed E-state index contributed by atoms with van der Waals surface area (Å²) in [7, 11) is 0. The van der Waals surface area contributed by atoms with Crippen molar-refractivity contribution in [1.82, 2.24) is 15.4 Å². The van der Waals surface area contributed by atoms with E-state index in [0.717, 1.165) is 10.6 Å². The van der Waals surface area contributed by atoms with Crippen LogP contribution in [0.25, 0.3) is 10.9 Å². The highest BCUT2D eigenvalue weighted by atomic mass is 19.1. The van der Waals surface area contributed by atoms with Crippen molar-refractivity contribution < 1.29 is 19.5 Å². The summed E-state index contributed by atoms with van der Waals surface area (Å²) in [5.74, 6) is -0.397. The molecule has 0 saturated heterocycles. The molecule has 1 atom stereocenters. The Balaban J connectivity index is 1.92. The second-order valence-electron chi connectivity index (χ2n) is 5.72. The molecule has 0 aliphatic heterocycles. The molecule has 0 aliphatic rings. The van der Waals surface area contributed by atoms with Crippen molar-refractivity contribution >= 4 is 17.0 Å². The summed E-state index contributed by atoms with van der Waals surface area (Å²) in [5.41, 5.74) is 2.20. The predicted molar refractivity (Wildman–Crippen MR) is 90.8 cm³/mol. The number of nitrogens with zero attached hydrogens (tertiary/aromatic N) is 1. The van der Waals surface area contributed by atoms with Crippen molar-refractivity contribution in [1.29, 1.82) is 0 Å². The third kappa shape index (κ3) is 3.96. The van der Waals surface area contributed by atoms with E-state index in [1.54, 1.807) is 12.3 Å². The summed E-state index contributed by atoms with van der Waals surface area (Å²) in [6, 6.07) is 12.9. The Morgan fingerprint density at radius 2 is 2.00 bits per heavy atom. The summed E-state index contributed by atoms with van der Waals surface area (Å²) >= 11 is 0. The molecule has 7 heteroatoms. The van der Waals surface area contributed by atoms with Crippen molar-refractivity contribution in [2.24, 2.45) is 0 Å². The monoisotopic (exact) mass is 343 g/mol. The zero-order valence-corrected chi connectivity index (χ0v) is 13.3. The Kier molecular flexibility index (Phi) is 4.97. The third-order valence-electron chi connectivity index (χ3n) is 4.03. The van der Waals surface area contributed by atoms with E-state index in [4.69, 9.17) is 5.11 Å². The minimum Gasteiger partial charge on any atom is -0.465 e. The van der Waals surface area contributed by atoms with Crippen molar-refractivity contribution in [3.8, 4) is 0 Å². The maximum Gasteiger partial charge on any atom is 0.404 e. The number of hydroxylamine groups is 2. The maximum absolute atomic E-state index is 13.6. The average molecular weight is 343 g/mol. The zero-order chi connectivity index (χ0) is 17.8. The number of hydrogen-bond donors (Lipinski definition) is 4. The van der Waals surface area contributed by atoms with Gasteiger partial charge in [0.25, 0.3) is 0 Å². The van der Waals surface area contributed by atoms with Crippen LogP contribution in [-0.2, 0) is 6.54 Å². The normalized spacial score (nSPS) is 12.4. The Bertz CT molecular complexity index is 866. The first-order valence-corrected chi connectivity index (χ1v) is 7.77. The minimum absolute atomic E-state index is 0.0396. The molecular formula is C18H18FN3O3. The van der Waals surface area contributed by atoms with Gasteiger partial charge in [-0.1, -0.05) is 30.3 Å². The molecule has 4 N–H and O–H groups in total. The van der Waals surface area contributed by atoms with Gasteiger partial charge in [0, 0.05) is 30.2 Å². The highest BCUT2D eigenvalue weighted by Gasteiger charge is 2.23. The highest BCUT2D eigenvalue weighted by molar-refractivity contribution is 5.83. The molecule has 3 aromatic rings. The lowest BCUT2D eigenvalue weighted by atomic mass is 10.0. The van der Waals surface area contributed by atoms with Gasteiger partial charge >= 0.3 is 6.09 Å². The van der Waals surface area contributed by atoms with Crippen molar-refractivity contribution in [3.63, 3.8) is 0 Å². The van der Waals surface area contributed by atoms with E-state index < -0.39 is 18.0 Å². The van der Waals surface area contributed by atoms with Gasteiger partial charge in [-0.2, -0.15) is 5.06 Å². The van der Waals surface area contributed by atoms with Crippen molar-refractivity contribution in [3.05, 3.63) is 71.7 Å². The van der Waals surface area contributed by atoms with Crippen LogP contribution in [0.2, 0.25) is 0 Å². The SMILES string of the molecule is O=C(O)NCC(c1c[nH]c2ccc(F)cc12)N(O)Cc1ccccc1. The predicted octanol–water partition coefficient (Wildman–Crippen LogP) is 3.51. The maximum atomic E-state index is 13.6. The number of aromatic nitrogens is 1. The first-order valence-electron chi connectivity index (χ1n) is 7.77. The van der Waals surface area contributed by atoms with Gasteiger partial charge in [-0.3, -0.25) is 0 Å². The Labute approximate surface area is 143 Å². The smallest absolute Gasteiger partial charge is 0.404 e. The van der Waals surface area contributed by atoms with E-state index in [2.05, 4.69) is 10.3 Å². The number of H-pyrrole nitrogens is 1. The van der Waals surface area contributed by atoms with Crippen molar-refractivity contribution in [2.45, 2.75) is 12.6 Å². The molecule has 0 spiro atoms. The van der Waals surface area contributed by atoms with Gasteiger partial charge in [-0.25, -0.2) is 9.18 Å². The molecule has 0 bridgehead atoms. The molecule has 25 heavy (non-hydrogen) atoms. The number of aromatic amines is 1. The van der Waals surface area contributed by atoms with Crippen LogP contribution < -0.4 is 5.32 Å². The molecule has 0 saturated carbocycles. The number of carboxylic acid groups (broad SMARTS) is 1. The van der Waals surface area contributed by atoms with Crippen LogP contribution in [0.1, 0.15) is 17.2 Å². The van der Waals surface area contributed by atoms with E-state index >= 15 is 0 Å². The second kappa shape index (κ2) is 7.33. The first kappa shape index (κ1) is 16.9. The van der Waals surface area contributed by atoms with E-state index in [1.807, 2.05) is 30.3 Å². The topological polar surface area (TPSA) is 88.6 Å². The Hall–Kier alpha value is -2.90. The number of carbonyl (C=O) groups is 1. The summed E-state index contributed by atoms with van der Waals surface area (Å²) in [6.07, 6.45) is 0.469. The zero-order valence-electron chi connectivity index (χ0n) is 13.3. The number of hydrogen-bond acceptors (Lipinski definition) is 3. The number of halogens is 1. The summed E-state index contributed by atoms with van der Waals surface area (Å²) < 4.78 is 13.6. The molecule has 0 fully saturated rings. The molecule has 6 nitrogen and oxygen atoms in total. The van der Waals surface area contributed by atoms with Gasteiger partial charge in [0.2, 0.25) is 0 Å². The lowest BCUT2D eigenvalue weighted by Crippen LogP contribution is -2.35. The van der Waals surface area contributed by atoms with E-state index in [0.29, 0.717) is 16.5 Å². The van der Waals surface area contributed by atoms with Gasteiger partial charge in [-0.15, -0.1) is 0 Å².